The van der Waals surface area contributed by atoms with Gasteiger partial charge in [-0.2, -0.15) is 0 Å². The molecule has 2 fully saturated rings. The van der Waals surface area contributed by atoms with E-state index < -0.39 is 71.6 Å². The number of carbonyl (C=O) groups is 1. The Bertz CT molecular complexity index is 2090. The molecule has 0 aromatic carbocycles. The number of aromatic nitrogens is 8. The first-order chi connectivity index (χ1) is 24.3. The molecule has 6 heterocycles. The number of imidazole rings is 2. The highest BCUT2D eigenvalue weighted by molar-refractivity contribution is 7.89. The fourth-order valence-electron chi connectivity index (χ4n) is 5.83. The third-order valence-corrected chi connectivity index (χ3v) is 9.67. The number of rotatable bonds is 12. The number of carboxylic acids is 1. The molecule has 0 amide bonds. The van der Waals surface area contributed by atoms with Gasteiger partial charge in [-0.3, -0.25) is 18.8 Å². The number of nitrogen functional groups attached to an aromatic ring is 2. The Morgan fingerprint density at radius 3 is 2.27 bits per heavy atom. The molecule has 24 heteroatoms. The van der Waals surface area contributed by atoms with Crippen LogP contribution in [0.2, 0.25) is 0 Å². The van der Waals surface area contributed by atoms with Crippen molar-refractivity contribution in [2.75, 3.05) is 49.9 Å². The second-order valence-electron chi connectivity index (χ2n) is 11.7. The fourth-order valence-corrected chi connectivity index (χ4v) is 6.70. The van der Waals surface area contributed by atoms with Gasteiger partial charge in [0.2, 0.25) is 10.0 Å². The van der Waals surface area contributed by atoms with Crippen LogP contribution < -0.4 is 21.9 Å². The quantitative estimate of drug-likeness (QED) is 0.0614. The first-order valence-electron chi connectivity index (χ1n) is 15.3. The Morgan fingerprint density at radius 2 is 1.57 bits per heavy atom. The third-order valence-electron chi connectivity index (χ3n) is 8.29. The summed E-state index contributed by atoms with van der Waals surface area (Å²) in [6.45, 7) is -1.45. The largest absolute Gasteiger partial charge is 0.480 e. The van der Waals surface area contributed by atoms with Gasteiger partial charge in [-0.15, -0.1) is 0 Å². The van der Waals surface area contributed by atoms with Gasteiger partial charge < -0.3 is 52.2 Å². The topological polar surface area (TPSA) is 351 Å². The Balaban J connectivity index is 1.23. The molecule has 6 rings (SSSR count). The molecule has 8 atom stereocenters. The van der Waals surface area contributed by atoms with E-state index >= 15 is 0 Å². The van der Waals surface area contributed by atoms with E-state index in [1.807, 2.05) is 0 Å². The number of sulfonamides is 1. The summed E-state index contributed by atoms with van der Waals surface area (Å²) in [4.78, 5) is 37.8. The Labute approximate surface area is 288 Å². The van der Waals surface area contributed by atoms with Crippen molar-refractivity contribution in [3.05, 3.63) is 24.8 Å². The smallest absolute Gasteiger partial charge is 0.317 e. The molecule has 0 unspecified atom stereocenters. The highest BCUT2D eigenvalue weighted by Crippen LogP contribution is 2.34. The Kier molecular flexibility index (Phi) is 10.3. The van der Waals surface area contributed by atoms with E-state index in [1.54, 1.807) is 0 Å². The van der Waals surface area contributed by atoms with Crippen molar-refractivity contribution in [3.8, 4) is 11.8 Å². The second kappa shape index (κ2) is 14.5. The van der Waals surface area contributed by atoms with E-state index in [9.17, 15) is 38.7 Å². The number of hydrogen-bond acceptors (Lipinski definition) is 19. The average Bonchev–Trinajstić information content (AvgIpc) is 3.81. The molecule has 12 N–H and O–H groups in total. The number of aliphatic hydroxyl groups excluding tert-OH is 4. The zero-order valence-electron chi connectivity index (χ0n) is 26.5. The highest BCUT2D eigenvalue weighted by atomic mass is 32.2. The molecule has 2 aliphatic rings. The van der Waals surface area contributed by atoms with Crippen molar-refractivity contribution in [2.24, 2.45) is 5.73 Å². The highest BCUT2D eigenvalue weighted by Gasteiger charge is 2.46. The zero-order valence-corrected chi connectivity index (χ0v) is 27.4. The van der Waals surface area contributed by atoms with Crippen molar-refractivity contribution in [2.45, 2.75) is 49.1 Å². The number of nitrogens with zero attached hydrogens (tertiary/aromatic N) is 9. The number of aliphatic carboxylic acids is 1. The van der Waals surface area contributed by atoms with Gasteiger partial charge in [-0.05, 0) is 5.92 Å². The maximum atomic E-state index is 12.1. The molecule has 274 valence electrons. The van der Waals surface area contributed by atoms with Crippen LogP contribution in [-0.2, 0) is 24.3 Å². The summed E-state index contributed by atoms with van der Waals surface area (Å²) in [5.41, 5.74) is 17.9. The van der Waals surface area contributed by atoms with Gasteiger partial charge in [0.1, 0.15) is 54.8 Å². The van der Waals surface area contributed by atoms with E-state index in [-0.39, 0.29) is 71.7 Å². The lowest BCUT2D eigenvalue weighted by molar-refractivity contribution is -0.138. The van der Waals surface area contributed by atoms with Crippen LogP contribution in [0.15, 0.2) is 19.0 Å². The number of ether oxygens (including phenoxy) is 2. The Morgan fingerprint density at radius 1 is 0.922 bits per heavy atom. The lowest BCUT2D eigenvalue weighted by Gasteiger charge is -2.23. The molecule has 0 bridgehead atoms. The van der Waals surface area contributed by atoms with E-state index in [4.69, 9.17) is 26.7 Å². The van der Waals surface area contributed by atoms with Crippen molar-refractivity contribution in [3.63, 3.8) is 0 Å². The van der Waals surface area contributed by atoms with Crippen LogP contribution in [0.25, 0.3) is 22.3 Å². The SMILES string of the molecule is NCCS(=O)(=O)NC[C@H]1O[C@@H](n2c(C#CCN(CC(=O)O)C[C@H]3O[C@@H](n4cnc5c(N)ncnc54)[C@H](O)[C@@H]3O)nc3c(N)ncnc32)[C@H](O)[C@@H]1O. The van der Waals surface area contributed by atoms with Crippen molar-refractivity contribution >= 4 is 50.0 Å². The molecule has 0 saturated carbocycles. The summed E-state index contributed by atoms with van der Waals surface area (Å²) in [6.07, 6.45) is -7.11. The number of aliphatic hydroxyl groups is 4. The summed E-state index contributed by atoms with van der Waals surface area (Å²) < 4.78 is 41.0. The van der Waals surface area contributed by atoms with Gasteiger partial charge in [0.25, 0.3) is 0 Å². The van der Waals surface area contributed by atoms with Crippen LogP contribution in [0.5, 0.6) is 0 Å². The van der Waals surface area contributed by atoms with Crippen LogP contribution in [0.3, 0.4) is 0 Å². The van der Waals surface area contributed by atoms with Gasteiger partial charge in [0.05, 0.1) is 25.2 Å². The number of nitrogens with two attached hydrogens (primary N) is 3. The van der Waals surface area contributed by atoms with Crippen molar-refractivity contribution < 1.29 is 48.2 Å². The minimum Gasteiger partial charge on any atom is -0.480 e. The van der Waals surface area contributed by atoms with Crippen molar-refractivity contribution in [1.82, 2.24) is 48.7 Å². The molecular weight excluding hydrogens is 698 g/mol. The molecule has 4 aromatic heterocycles. The molecule has 2 aliphatic heterocycles. The predicted molar refractivity (Wildman–Crippen MR) is 173 cm³/mol. The van der Waals surface area contributed by atoms with Crippen LogP contribution in [0, 0.1) is 11.8 Å². The maximum absolute atomic E-state index is 12.1. The average molecular weight is 734 g/mol. The zero-order chi connectivity index (χ0) is 36.6. The molecular formula is C27H35N13O10S. The second-order valence-corrected chi connectivity index (χ2v) is 13.7. The van der Waals surface area contributed by atoms with E-state index in [0.29, 0.717) is 0 Å². The van der Waals surface area contributed by atoms with Gasteiger partial charge in [-0.1, -0.05) is 5.92 Å². The van der Waals surface area contributed by atoms with Crippen molar-refractivity contribution in [1.29, 1.82) is 0 Å². The number of nitrogens with one attached hydrogen (secondary N) is 1. The lowest BCUT2D eigenvalue weighted by Crippen LogP contribution is -2.42. The van der Waals surface area contributed by atoms with E-state index in [0.717, 1.165) is 6.33 Å². The predicted octanol–water partition coefficient (Wildman–Crippen LogP) is -5.31. The van der Waals surface area contributed by atoms with Crippen LogP contribution >= 0.6 is 0 Å². The van der Waals surface area contributed by atoms with Gasteiger partial charge in [0.15, 0.2) is 46.7 Å². The number of hydrogen-bond donors (Lipinski definition) is 9. The minimum absolute atomic E-state index is 0.0336. The van der Waals surface area contributed by atoms with E-state index in [2.05, 4.69) is 46.5 Å². The number of carboxylic acid groups (broad SMARTS) is 1. The van der Waals surface area contributed by atoms with Crippen LogP contribution in [0.1, 0.15) is 18.3 Å². The molecule has 23 nitrogen and oxygen atoms in total. The first-order valence-corrected chi connectivity index (χ1v) is 17.0. The maximum Gasteiger partial charge on any atom is 0.317 e. The summed E-state index contributed by atoms with van der Waals surface area (Å²) in [5, 5.41) is 53.0. The summed E-state index contributed by atoms with van der Waals surface area (Å²) >= 11 is 0. The van der Waals surface area contributed by atoms with Gasteiger partial charge in [-0.25, -0.2) is 43.0 Å². The minimum atomic E-state index is -3.77. The van der Waals surface area contributed by atoms with Gasteiger partial charge in [0, 0.05) is 19.6 Å². The van der Waals surface area contributed by atoms with Gasteiger partial charge >= 0.3 is 5.97 Å². The summed E-state index contributed by atoms with van der Waals surface area (Å²) in [5.74, 6) is 4.04. The standard InChI is InChI=1S/C27H35N13O10S/c28-3-5-51(47,48)36-6-12-18(43)21(46)27(49-12)40-14(37-17-23(30)32-10-34-25(17)40)2-1-4-38(8-15(41)42)7-13-19(44)20(45)26(50-13)39-11-35-16-22(29)31-9-33-24(16)39/h9-13,18-21,26-27,36,43-46H,3-8,28H2,(H,41,42)(H2,29,31,33)(H2,30,32,34)/t12-,13-,18-,19-,20-,21-,26-,27-/m1/s1. The normalized spacial score (nSPS) is 26.6. The third kappa shape index (κ3) is 7.25. The Hall–Kier alpha value is -4.68. The van der Waals surface area contributed by atoms with E-state index in [1.165, 1.54) is 26.7 Å². The molecule has 0 radical (unpaired) electrons. The molecule has 51 heavy (non-hydrogen) atoms. The van der Waals surface area contributed by atoms with Crippen LogP contribution in [-0.4, -0.2) is 159 Å². The molecule has 0 spiro atoms. The number of anilines is 2. The molecule has 4 aromatic rings. The number of fused-ring (bicyclic) bond motifs is 2. The summed E-state index contributed by atoms with van der Waals surface area (Å²) in [7, 11) is -3.77. The first kappa shape index (κ1) is 36.1. The lowest BCUT2D eigenvalue weighted by atomic mass is 10.1. The molecule has 2 saturated heterocycles. The van der Waals surface area contributed by atoms with Crippen LogP contribution in [0.4, 0.5) is 11.6 Å². The molecule has 0 aliphatic carbocycles. The summed E-state index contributed by atoms with van der Waals surface area (Å²) in [6, 6.07) is 0. The fraction of sp³-hybridized carbons (Fsp3) is 0.519. The monoisotopic (exact) mass is 733 g/mol.